The van der Waals surface area contributed by atoms with Crippen molar-refractivity contribution in [1.29, 1.82) is 0 Å². The molecule has 0 unspecified atom stereocenters. The molecule has 0 aliphatic heterocycles. The van der Waals surface area contributed by atoms with Crippen LogP contribution in [-0.2, 0) is 0 Å². The first-order valence-corrected chi connectivity index (χ1v) is 6.09. The number of halogens is 1. The van der Waals surface area contributed by atoms with E-state index in [0.717, 1.165) is 6.07 Å². The highest BCUT2D eigenvalue weighted by Crippen LogP contribution is 2.33. The summed E-state index contributed by atoms with van der Waals surface area (Å²) < 4.78 is 18.0. The summed E-state index contributed by atoms with van der Waals surface area (Å²) in [7, 11) is 1.32. The van der Waals surface area contributed by atoms with Crippen LogP contribution in [0.1, 0.15) is 15.9 Å². The number of hydrogen-bond donors (Lipinski definition) is 2. The van der Waals surface area contributed by atoms with Crippen molar-refractivity contribution in [3.8, 4) is 17.2 Å². The average Bonchev–Trinajstić information content (AvgIpc) is 2.44. The Morgan fingerprint density at radius 3 is 2.67 bits per heavy atom. The third-order valence-electron chi connectivity index (χ3n) is 2.81. The standard InChI is InChI=1S/C16H13FO4/c1-21-15-9-12(18)8-14(20)16(15)13(19)6-5-10-3-2-4-11(17)7-10/h2-9,18,20H,1H3/b6-5+. The molecule has 4 nitrogen and oxygen atoms in total. The fourth-order valence-electron chi connectivity index (χ4n) is 1.86. The van der Waals surface area contributed by atoms with Gasteiger partial charge in [-0.25, -0.2) is 4.39 Å². The molecule has 0 saturated heterocycles. The molecule has 2 rings (SSSR count). The molecular formula is C16H13FO4. The van der Waals surface area contributed by atoms with E-state index in [-0.39, 0.29) is 22.8 Å². The van der Waals surface area contributed by atoms with Gasteiger partial charge in [0, 0.05) is 12.1 Å². The van der Waals surface area contributed by atoms with Crippen molar-refractivity contribution in [2.45, 2.75) is 0 Å². The third kappa shape index (κ3) is 3.39. The molecule has 21 heavy (non-hydrogen) atoms. The van der Waals surface area contributed by atoms with Gasteiger partial charge in [-0.2, -0.15) is 0 Å². The number of hydrogen-bond acceptors (Lipinski definition) is 4. The first-order valence-electron chi connectivity index (χ1n) is 6.09. The zero-order valence-electron chi connectivity index (χ0n) is 11.2. The molecule has 0 aromatic heterocycles. The summed E-state index contributed by atoms with van der Waals surface area (Å²) in [6, 6.07) is 8.01. The number of benzene rings is 2. The van der Waals surface area contributed by atoms with Crippen LogP contribution in [0.5, 0.6) is 17.2 Å². The van der Waals surface area contributed by atoms with Gasteiger partial charge < -0.3 is 14.9 Å². The minimum atomic E-state index is -0.520. The quantitative estimate of drug-likeness (QED) is 0.670. The van der Waals surface area contributed by atoms with Crippen LogP contribution in [0.2, 0.25) is 0 Å². The maximum atomic E-state index is 13.0. The Hall–Kier alpha value is -2.82. The number of carbonyl (C=O) groups is 1. The SMILES string of the molecule is COc1cc(O)cc(O)c1C(=O)/C=C/c1cccc(F)c1. The molecule has 0 saturated carbocycles. The fourth-order valence-corrected chi connectivity index (χ4v) is 1.86. The van der Waals surface area contributed by atoms with Gasteiger partial charge in [-0.1, -0.05) is 18.2 Å². The molecule has 0 radical (unpaired) electrons. The molecule has 0 bridgehead atoms. The first-order chi connectivity index (χ1) is 10.0. The summed E-state index contributed by atoms with van der Waals surface area (Å²) in [5, 5.41) is 19.1. The minimum absolute atomic E-state index is 0.0568. The predicted molar refractivity (Wildman–Crippen MR) is 76.1 cm³/mol. The van der Waals surface area contributed by atoms with Crippen LogP contribution in [0.15, 0.2) is 42.5 Å². The van der Waals surface area contributed by atoms with E-state index >= 15 is 0 Å². The molecule has 2 aromatic rings. The summed E-state index contributed by atoms with van der Waals surface area (Å²) in [4.78, 5) is 12.1. The molecule has 0 heterocycles. The van der Waals surface area contributed by atoms with Crippen LogP contribution in [0.25, 0.3) is 6.08 Å². The van der Waals surface area contributed by atoms with Gasteiger partial charge in [0.15, 0.2) is 5.78 Å². The highest BCUT2D eigenvalue weighted by Gasteiger charge is 2.16. The zero-order valence-corrected chi connectivity index (χ0v) is 11.2. The minimum Gasteiger partial charge on any atom is -0.508 e. The Balaban J connectivity index is 2.33. The first kappa shape index (κ1) is 14.6. The second-order valence-electron chi connectivity index (χ2n) is 4.29. The number of methoxy groups -OCH3 is 1. The van der Waals surface area contributed by atoms with E-state index in [4.69, 9.17) is 4.74 Å². The van der Waals surface area contributed by atoms with Crippen LogP contribution in [0.4, 0.5) is 4.39 Å². The van der Waals surface area contributed by atoms with Crippen molar-refractivity contribution in [2.24, 2.45) is 0 Å². The summed E-state index contributed by atoms with van der Waals surface area (Å²) in [5.74, 6) is -1.47. The third-order valence-corrected chi connectivity index (χ3v) is 2.81. The van der Waals surface area contributed by atoms with Gasteiger partial charge in [0.1, 0.15) is 28.6 Å². The van der Waals surface area contributed by atoms with E-state index in [9.17, 15) is 19.4 Å². The maximum absolute atomic E-state index is 13.0. The van der Waals surface area contributed by atoms with E-state index in [1.54, 1.807) is 6.07 Å². The number of carbonyl (C=O) groups excluding carboxylic acids is 1. The van der Waals surface area contributed by atoms with Gasteiger partial charge in [0.05, 0.1) is 7.11 Å². The largest absolute Gasteiger partial charge is 0.508 e. The number of allylic oxidation sites excluding steroid dienone is 1. The number of rotatable bonds is 4. The highest BCUT2D eigenvalue weighted by atomic mass is 19.1. The average molecular weight is 288 g/mol. The second kappa shape index (κ2) is 6.09. The smallest absolute Gasteiger partial charge is 0.193 e. The van der Waals surface area contributed by atoms with Crippen molar-refractivity contribution in [1.82, 2.24) is 0 Å². The Labute approximate surface area is 120 Å². The van der Waals surface area contributed by atoms with Gasteiger partial charge >= 0.3 is 0 Å². The lowest BCUT2D eigenvalue weighted by Crippen LogP contribution is -1.99. The fraction of sp³-hybridized carbons (Fsp3) is 0.0625. The van der Waals surface area contributed by atoms with Crippen molar-refractivity contribution < 1.29 is 24.1 Å². The van der Waals surface area contributed by atoms with Gasteiger partial charge in [-0.15, -0.1) is 0 Å². The second-order valence-corrected chi connectivity index (χ2v) is 4.29. The number of ether oxygens (including phenoxy) is 1. The van der Waals surface area contributed by atoms with Crippen molar-refractivity contribution in [3.05, 3.63) is 59.4 Å². The van der Waals surface area contributed by atoms with Crippen LogP contribution < -0.4 is 4.74 Å². The van der Waals surface area contributed by atoms with Crippen LogP contribution >= 0.6 is 0 Å². The van der Waals surface area contributed by atoms with Gasteiger partial charge in [-0.05, 0) is 23.8 Å². The number of ketones is 1. The van der Waals surface area contributed by atoms with E-state index in [0.29, 0.717) is 5.56 Å². The van der Waals surface area contributed by atoms with Gasteiger partial charge in [-0.3, -0.25) is 4.79 Å². The maximum Gasteiger partial charge on any atom is 0.193 e. The molecule has 0 aliphatic rings. The van der Waals surface area contributed by atoms with E-state index in [2.05, 4.69) is 0 Å². The van der Waals surface area contributed by atoms with Crippen LogP contribution in [-0.4, -0.2) is 23.1 Å². The molecule has 108 valence electrons. The van der Waals surface area contributed by atoms with E-state index in [1.165, 1.54) is 43.5 Å². The van der Waals surface area contributed by atoms with Crippen LogP contribution in [0.3, 0.4) is 0 Å². The summed E-state index contributed by atoms with van der Waals surface area (Å²) in [5.41, 5.74) is 0.448. The zero-order chi connectivity index (χ0) is 15.4. The molecular weight excluding hydrogens is 275 g/mol. The monoisotopic (exact) mass is 288 g/mol. The van der Waals surface area contributed by atoms with E-state index in [1.807, 2.05) is 0 Å². The molecule has 2 aromatic carbocycles. The van der Waals surface area contributed by atoms with Crippen molar-refractivity contribution in [3.63, 3.8) is 0 Å². The molecule has 0 aliphatic carbocycles. The topological polar surface area (TPSA) is 66.8 Å². The van der Waals surface area contributed by atoms with Crippen molar-refractivity contribution >= 4 is 11.9 Å². The van der Waals surface area contributed by atoms with Crippen molar-refractivity contribution in [2.75, 3.05) is 7.11 Å². The molecule has 2 N–H and O–H groups in total. The van der Waals surface area contributed by atoms with E-state index < -0.39 is 11.6 Å². The van der Waals surface area contributed by atoms with Gasteiger partial charge in [0.25, 0.3) is 0 Å². The normalized spacial score (nSPS) is 10.8. The Kier molecular flexibility index (Phi) is 4.23. The Morgan fingerprint density at radius 2 is 2.00 bits per heavy atom. The number of phenolic OH excluding ortho intramolecular Hbond substituents is 2. The summed E-state index contributed by atoms with van der Waals surface area (Å²) in [6.07, 6.45) is 2.63. The summed E-state index contributed by atoms with van der Waals surface area (Å²) in [6.45, 7) is 0. The lowest BCUT2D eigenvalue weighted by atomic mass is 10.1. The molecule has 0 amide bonds. The molecule has 0 spiro atoms. The highest BCUT2D eigenvalue weighted by molar-refractivity contribution is 6.10. The number of phenols is 2. The lowest BCUT2D eigenvalue weighted by molar-refractivity contribution is 0.104. The lowest BCUT2D eigenvalue weighted by Gasteiger charge is -2.08. The predicted octanol–water partition coefficient (Wildman–Crippen LogP) is 3.14. The van der Waals surface area contributed by atoms with Crippen LogP contribution in [0, 0.1) is 5.82 Å². The Morgan fingerprint density at radius 1 is 1.24 bits per heavy atom. The number of aromatic hydroxyl groups is 2. The molecule has 5 heteroatoms. The Bertz CT molecular complexity index is 707. The molecule has 0 atom stereocenters. The summed E-state index contributed by atoms with van der Waals surface area (Å²) >= 11 is 0. The van der Waals surface area contributed by atoms with Gasteiger partial charge in [0.2, 0.25) is 0 Å². The molecule has 0 fully saturated rings.